The maximum absolute atomic E-state index is 12.2. The van der Waals surface area contributed by atoms with Gasteiger partial charge in [0.25, 0.3) is 5.91 Å². The monoisotopic (exact) mass is 396 g/mol. The Morgan fingerprint density at radius 1 is 0.966 bits per heavy atom. The summed E-state index contributed by atoms with van der Waals surface area (Å²) in [5, 5.41) is 0. The van der Waals surface area contributed by atoms with Crippen LogP contribution >= 0.6 is 0 Å². The highest BCUT2D eigenvalue weighted by Crippen LogP contribution is 2.17. The lowest BCUT2D eigenvalue weighted by atomic mass is 9.96. The number of ether oxygens (including phenoxy) is 2. The predicted molar refractivity (Wildman–Crippen MR) is 106 cm³/mol. The van der Waals surface area contributed by atoms with Gasteiger partial charge in [-0.2, -0.15) is 0 Å². The molecule has 1 aliphatic heterocycles. The van der Waals surface area contributed by atoms with Gasteiger partial charge in [0.1, 0.15) is 12.4 Å². The lowest BCUT2D eigenvalue weighted by molar-refractivity contribution is -0.137. The van der Waals surface area contributed by atoms with Gasteiger partial charge in [-0.05, 0) is 42.7 Å². The van der Waals surface area contributed by atoms with Crippen LogP contribution in [0.15, 0.2) is 54.6 Å². The first-order valence-corrected chi connectivity index (χ1v) is 9.54. The molecule has 1 aliphatic rings. The fourth-order valence-corrected chi connectivity index (χ4v) is 3.14. The molecule has 3 rings (SSSR count). The normalized spacial score (nSPS) is 14.3. The first kappa shape index (κ1) is 20.4. The summed E-state index contributed by atoms with van der Waals surface area (Å²) < 4.78 is 10.8. The number of hydrogen-bond acceptors (Lipinski definition) is 5. The Morgan fingerprint density at radius 2 is 1.62 bits per heavy atom. The molecule has 2 N–H and O–H groups in total. The van der Waals surface area contributed by atoms with Crippen molar-refractivity contribution in [3.63, 3.8) is 0 Å². The summed E-state index contributed by atoms with van der Waals surface area (Å²) in [6, 6.07) is 16.3. The third-order valence-electron chi connectivity index (χ3n) is 4.92. The molecule has 0 bridgehead atoms. The number of esters is 1. The fourth-order valence-electron chi connectivity index (χ4n) is 3.14. The van der Waals surface area contributed by atoms with Crippen molar-refractivity contribution < 1.29 is 23.9 Å². The number of rotatable bonds is 7. The number of hydrogen-bond donors (Lipinski definition) is 1. The fraction of sp³-hybridized carbons (Fsp3) is 0.318. The lowest BCUT2D eigenvalue weighted by Gasteiger charge is -2.30. The Kier molecular flexibility index (Phi) is 6.84. The van der Waals surface area contributed by atoms with Crippen LogP contribution in [0, 0.1) is 5.92 Å². The molecule has 0 saturated carbocycles. The molecule has 1 heterocycles. The summed E-state index contributed by atoms with van der Waals surface area (Å²) in [6.45, 7) is 0.957. The van der Waals surface area contributed by atoms with Gasteiger partial charge in [0.05, 0.1) is 5.56 Å². The van der Waals surface area contributed by atoms with E-state index in [0.717, 1.165) is 11.3 Å². The Morgan fingerprint density at radius 3 is 2.24 bits per heavy atom. The highest BCUT2D eigenvalue weighted by Gasteiger charge is 2.26. The minimum absolute atomic E-state index is 0.189. The van der Waals surface area contributed by atoms with E-state index in [1.165, 1.54) is 0 Å². The summed E-state index contributed by atoms with van der Waals surface area (Å²) in [6.07, 6.45) is 1.09. The molecule has 29 heavy (non-hydrogen) atoms. The smallest absolute Gasteiger partial charge is 0.338 e. The summed E-state index contributed by atoms with van der Waals surface area (Å²) in [4.78, 5) is 37.2. The topological polar surface area (TPSA) is 98.9 Å². The van der Waals surface area contributed by atoms with Gasteiger partial charge in [-0.15, -0.1) is 0 Å². The molecule has 0 radical (unpaired) electrons. The summed E-state index contributed by atoms with van der Waals surface area (Å²) in [7, 11) is 0. The molecule has 152 valence electrons. The maximum Gasteiger partial charge on any atom is 0.338 e. The molecule has 1 fully saturated rings. The average Bonchev–Trinajstić information content (AvgIpc) is 2.77. The van der Waals surface area contributed by atoms with Crippen LogP contribution < -0.4 is 10.5 Å². The van der Waals surface area contributed by atoms with E-state index in [2.05, 4.69) is 0 Å². The molecule has 0 atom stereocenters. The van der Waals surface area contributed by atoms with Crippen molar-refractivity contribution in [1.82, 2.24) is 4.90 Å². The van der Waals surface area contributed by atoms with E-state index in [0.29, 0.717) is 38.1 Å². The zero-order chi connectivity index (χ0) is 20.6. The largest absolute Gasteiger partial charge is 0.489 e. The molecule has 2 aromatic rings. The third-order valence-corrected chi connectivity index (χ3v) is 4.92. The van der Waals surface area contributed by atoms with Gasteiger partial charge < -0.3 is 20.1 Å². The van der Waals surface area contributed by atoms with Crippen LogP contribution in [0.4, 0.5) is 0 Å². The van der Waals surface area contributed by atoms with Crippen molar-refractivity contribution in [3.05, 3.63) is 65.7 Å². The molecule has 7 heteroatoms. The molecule has 0 aromatic heterocycles. The predicted octanol–water partition coefficient (Wildman–Crippen LogP) is 2.15. The molecule has 2 aromatic carbocycles. The van der Waals surface area contributed by atoms with Crippen molar-refractivity contribution in [2.24, 2.45) is 11.7 Å². The second-order valence-electron chi connectivity index (χ2n) is 6.93. The third kappa shape index (κ3) is 5.81. The van der Waals surface area contributed by atoms with E-state index in [-0.39, 0.29) is 24.3 Å². The number of carbonyl (C=O) groups excluding carboxylic acids is 3. The number of para-hydroxylation sites is 1. The van der Waals surface area contributed by atoms with Crippen LogP contribution in [0.3, 0.4) is 0 Å². The summed E-state index contributed by atoms with van der Waals surface area (Å²) in [5.41, 5.74) is 6.58. The highest BCUT2D eigenvalue weighted by molar-refractivity contribution is 5.91. The second-order valence-corrected chi connectivity index (χ2v) is 6.93. The number of nitrogens with zero attached hydrogens (tertiary/aromatic N) is 1. The highest BCUT2D eigenvalue weighted by atomic mass is 16.5. The molecule has 0 aliphatic carbocycles. The van der Waals surface area contributed by atoms with Crippen molar-refractivity contribution in [2.75, 3.05) is 19.7 Å². The molecule has 0 unspecified atom stereocenters. The molecule has 2 amide bonds. The van der Waals surface area contributed by atoms with E-state index in [1.807, 2.05) is 30.3 Å². The number of carbonyl (C=O) groups is 3. The van der Waals surface area contributed by atoms with E-state index < -0.39 is 5.97 Å². The number of amides is 2. The van der Waals surface area contributed by atoms with E-state index in [1.54, 1.807) is 29.2 Å². The van der Waals surface area contributed by atoms with E-state index in [4.69, 9.17) is 15.2 Å². The minimum Gasteiger partial charge on any atom is -0.489 e. The number of benzene rings is 2. The zero-order valence-electron chi connectivity index (χ0n) is 16.1. The molecule has 0 spiro atoms. The average molecular weight is 396 g/mol. The van der Waals surface area contributed by atoms with E-state index >= 15 is 0 Å². The Balaban J connectivity index is 1.43. The SMILES string of the molecule is NC(=O)C1CCN(C(=O)COC(=O)c2ccc(COc3ccccc3)cc2)CC1. The quantitative estimate of drug-likeness (QED) is 0.723. The van der Waals surface area contributed by atoms with Gasteiger partial charge in [0.2, 0.25) is 5.91 Å². The van der Waals surface area contributed by atoms with Crippen LogP contribution in [0.2, 0.25) is 0 Å². The molecule has 7 nitrogen and oxygen atoms in total. The number of nitrogens with two attached hydrogens (primary N) is 1. The minimum atomic E-state index is -0.555. The van der Waals surface area contributed by atoms with Gasteiger partial charge in [0, 0.05) is 19.0 Å². The first-order chi connectivity index (χ1) is 14.0. The number of likely N-dealkylation sites (tertiary alicyclic amines) is 1. The standard InChI is InChI=1S/C22H24N2O5/c23-21(26)17-10-12-24(13-11-17)20(25)15-29-22(27)18-8-6-16(7-9-18)14-28-19-4-2-1-3-5-19/h1-9,17H,10-15H2,(H2,23,26). The number of primary amides is 1. The molecular formula is C22H24N2O5. The van der Waals surface area contributed by atoms with Crippen molar-refractivity contribution >= 4 is 17.8 Å². The first-order valence-electron chi connectivity index (χ1n) is 9.54. The van der Waals surface area contributed by atoms with Crippen LogP contribution in [-0.4, -0.2) is 42.4 Å². The van der Waals surface area contributed by atoms with Crippen LogP contribution in [0.1, 0.15) is 28.8 Å². The van der Waals surface area contributed by atoms with Gasteiger partial charge in [-0.25, -0.2) is 4.79 Å². The van der Waals surface area contributed by atoms with Gasteiger partial charge >= 0.3 is 5.97 Å². The van der Waals surface area contributed by atoms with Crippen molar-refractivity contribution in [1.29, 1.82) is 0 Å². The van der Waals surface area contributed by atoms with Gasteiger partial charge in [-0.1, -0.05) is 30.3 Å². The van der Waals surface area contributed by atoms with Gasteiger partial charge in [0.15, 0.2) is 6.61 Å². The zero-order valence-corrected chi connectivity index (χ0v) is 16.1. The van der Waals surface area contributed by atoms with Gasteiger partial charge in [-0.3, -0.25) is 9.59 Å². The Labute approximate surface area is 169 Å². The van der Waals surface area contributed by atoms with Crippen LogP contribution in [0.25, 0.3) is 0 Å². The summed E-state index contributed by atoms with van der Waals surface area (Å²) in [5.74, 6) is -0.573. The van der Waals surface area contributed by atoms with Crippen molar-refractivity contribution in [2.45, 2.75) is 19.4 Å². The summed E-state index contributed by atoms with van der Waals surface area (Å²) >= 11 is 0. The lowest BCUT2D eigenvalue weighted by Crippen LogP contribution is -2.43. The molecular weight excluding hydrogens is 372 g/mol. The molecule has 1 saturated heterocycles. The Bertz CT molecular complexity index is 843. The second kappa shape index (κ2) is 9.73. The van der Waals surface area contributed by atoms with E-state index in [9.17, 15) is 14.4 Å². The Hall–Kier alpha value is -3.35. The van der Waals surface area contributed by atoms with Crippen molar-refractivity contribution in [3.8, 4) is 5.75 Å². The maximum atomic E-state index is 12.2. The number of piperidine rings is 1. The van der Waals surface area contributed by atoms with Crippen LogP contribution in [0.5, 0.6) is 5.75 Å². The van der Waals surface area contributed by atoms with Crippen LogP contribution in [-0.2, 0) is 20.9 Å².